The van der Waals surface area contributed by atoms with Crippen molar-refractivity contribution in [3.63, 3.8) is 0 Å². The average molecular weight is 354 g/mol. The number of benzene rings is 2. The maximum absolute atomic E-state index is 12.3. The first-order valence-corrected chi connectivity index (χ1v) is 8.25. The van der Waals surface area contributed by atoms with Gasteiger partial charge in [0, 0.05) is 5.56 Å². The molecule has 0 spiro atoms. The van der Waals surface area contributed by atoms with Crippen LogP contribution in [0.15, 0.2) is 48.5 Å². The number of ketones is 1. The Morgan fingerprint density at radius 1 is 1.08 bits per heavy atom. The molecule has 0 unspecified atom stereocenters. The lowest BCUT2D eigenvalue weighted by molar-refractivity contribution is -0.139. The second-order valence-electron chi connectivity index (χ2n) is 6.07. The molecule has 5 nitrogen and oxygen atoms in total. The molecule has 0 radical (unpaired) electrons. The first-order valence-electron chi connectivity index (χ1n) is 8.25. The number of carbonyl (C=O) groups is 2. The summed E-state index contributed by atoms with van der Waals surface area (Å²) in [7, 11) is 1.47. The molecular weight excluding hydrogens is 332 g/mol. The molecule has 0 heterocycles. The van der Waals surface area contributed by atoms with Crippen molar-refractivity contribution in [2.45, 2.75) is 19.8 Å². The van der Waals surface area contributed by atoms with Crippen molar-refractivity contribution in [3.05, 3.63) is 65.2 Å². The Balaban J connectivity index is 2.11. The maximum atomic E-state index is 12.3. The van der Waals surface area contributed by atoms with E-state index in [9.17, 15) is 9.59 Å². The second kappa shape index (κ2) is 8.85. The molecule has 0 aliphatic heterocycles. The quantitative estimate of drug-likeness (QED) is 0.569. The molecule has 2 aromatic carbocycles. The highest BCUT2D eigenvalue weighted by atomic mass is 16.5. The third-order valence-electron chi connectivity index (χ3n) is 3.83. The van der Waals surface area contributed by atoms with E-state index in [1.165, 1.54) is 18.7 Å². The summed E-state index contributed by atoms with van der Waals surface area (Å²) >= 11 is 0. The SMILES string of the molecule is COc1cc(/C=C/C(=O)c2ccc(C(C)C)cc2)ccc1OCC(=O)O. The van der Waals surface area contributed by atoms with E-state index in [4.69, 9.17) is 14.6 Å². The molecule has 0 saturated carbocycles. The summed E-state index contributed by atoms with van der Waals surface area (Å²) in [6.07, 6.45) is 3.18. The van der Waals surface area contributed by atoms with Gasteiger partial charge < -0.3 is 14.6 Å². The summed E-state index contributed by atoms with van der Waals surface area (Å²) in [5.74, 6) is 0.00406. The van der Waals surface area contributed by atoms with Crippen LogP contribution in [0, 0.1) is 0 Å². The van der Waals surface area contributed by atoms with Gasteiger partial charge in [0.1, 0.15) is 0 Å². The molecule has 26 heavy (non-hydrogen) atoms. The standard InChI is InChI=1S/C21H22O5/c1-14(2)16-6-8-17(9-7-16)18(22)10-4-15-5-11-19(20(12-15)25-3)26-13-21(23)24/h4-12,14H,13H2,1-3H3,(H,23,24)/b10-4+. The van der Waals surface area contributed by atoms with Gasteiger partial charge in [0.05, 0.1) is 7.11 Å². The average Bonchev–Trinajstić information content (AvgIpc) is 2.64. The highest BCUT2D eigenvalue weighted by Gasteiger charge is 2.08. The van der Waals surface area contributed by atoms with Gasteiger partial charge in [0.25, 0.3) is 0 Å². The predicted molar refractivity (Wildman–Crippen MR) is 100 cm³/mol. The second-order valence-corrected chi connectivity index (χ2v) is 6.07. The molecule has 0 saturated heterocycles. The van der Waals surface area contributed by atoms with E-state index >= 15 is 0 Å². The number of ether oxygens (including phenoxy) is 2. The fraction of sp³-hybridized carbons (Fsp3) is 0.238. The normalized spacial score (nSPS) is 10.9. The molecule has 0 fully saturated rings. The molecule has 0 aromatic heterocycles. The minimum Gasteiger partial charge on any atom is -0.493 e. The third-order valence-corrected chi connectivity index (χ3v) is 3.83. The fourth-order valence-electron chi connectivity index (χ4n) is 2.35. The Morgan fingerprint density at radius 3 is 2.35 bits per heavy atom. The van der Waals surface area contributed by atoms with Gasteiger partial charge in [-0.2, -0.15) is 0 Å². The summed E-state index contributed by atoms with van der Waals surface area (Å²) in [6, 6.07) is 12.6. The highest BCUT2D eigenvalue weighted by molar-refractivity contribution is 6.06. The summed E-state index contributed by atoms with van der Waals surface area (Å²) in [4.78, 5) is 22.9. The molecule has 1 N–H and O–H groups in total. The van der Waals surface area contributed by atoms with Crippen LogP contribution >= 0.6 is 0 Å². The van der Waals surface area contributed by atoms with Crippen LogP contribution < -0.4 is 9.47 Å². The summed E-state index contributed by atoms with van der Waals surface area (Å²) in [6.45, 7) is 3.76. The van der Waals surface area contributed by atoms with Crippen molar-refractivity contribution in [2.75, 3.05) is 13.7 Å². The summed E-state index contributed by atoms with van der Waals surface area (Å²) in [5.41, 5.74) is 2.56. The van der Waals surface area contributed by atoms with Crippen LogP contribution in [0.2, 0.25) is 0 Å². The molecule has 0 aliphatic rings. The van der Waals surface area contributed by atoms with E-state index < -0.39 is 12.6 Å². The van der Waals surface area contributed by atoms with Crippen molar-refractivity contribution in [3.8, 4) is 11.5 Å². The fourth-order valence-corrected chi connectivity index (χ4v) is 2.35. The molecule has 5 heteroatoms. The third kappa shape index (κ3) is 5.21. The maximum Gasteiger partial charge on any atom is 0.341 e. The first-order chi connectivity index (χ1) is 12.4. The van der Waals surface area contributed by atoms with Gasteiger partial charge in [-0.3, -0.25) is 4.79 Å². The minimum atomic E-state index is -1.06. The molecular formula is C21H22O5. The van der Waals surface area contributed by atoms with Gasteiger partial charge >= 0.3 is 5.97 Å². The lowest BCUT2D eigenvalue weighted by atomic mass is 10.0. The van der Waals surface area contributed by atoms with E-state index in [1.54, 1.807) is 24.3 Å². The van der Waals surface area contributed by atoms with Crippen LogP contribution in [0.5, 0.6) is 11.5 Å². The Labute approximate surface area is 152 Å². The van der Waals surface area contributed by atoms with Crippen LogP contribution in [0.3, 0.4) is 0 Å². The van der Waals surface area contributed by atoms with Crippen LogP contribution in [-0.4, -0.2) is 30.6 Å². The number of rotatable bonds is 8. The van der Waals surface area contributed by atoms with Crippen molar-refractivity contribution in [1.29, 1.82) is 0 Å². The zero-order valence-electron chi connectivity index (χ0n) is 15.1. The monoisotopic (exact) mass is 354 g/mol. The molecule has 2 rings (SSSR count). The Bertz CT molecular complexity index is 804. The van der Waals surface area contributed by atoms with Gasteiger partial charge in [-0.25, -0.2) is 4.79 Å². The van der Waals surface area contributed by atoms with Gasteiger partial charge in [0.15, 0.2) is 23.9 Å². The zero-order chi connectivity index (χ0) is 19.1. The minimum absolute atomic E-state index is 0.0922. The van der Waals surface area contributed by atoms with Crippen LogP contribution in [0.4, 0.5) is 0 Å². The van der Waals surface area contributed by atoms with Crippen LogP contribution in [0.1, 0.15) is 41.3 Å². The molecule has 2 aromatic rings. The topological polar surface area (TPSA) is 72.8 Å². The van der Waals surface area contributed by atoms with Crippen molar-refractivity contribution < 1.29 is 24.2 Å². The molecule has 0 atom stereocenters. The highest BCUT2D eigenvalue weighted by Crippen LogP contribution is 2.28. The Morgan fingerprint density at radius 2 is 1.77 bits per heavy atom. The Kier molecular flexibility index (Phi) is 6.55. The smallest absolute Gasteiger partial charge is 0.341 e. The first kappa shape index (κ1) is 19.2. The predicted octanol–water partition coefficient (Wildman–Crippen LogP) is 4.18. The number of carboxylic acids is 1. The number of carbonyl (C=O) groups excluding carboxylic acids is 1. The van der Waals surface area contributed by atoms with Gasteiger partial charge in [-0.1, -0.05) is 50.3 Å². The number of carboxylic acid groups (broad SMARTS) is 1. The Hall–Kier alpha value is -3.08. The molecule has 0 amide bonds. The van der Waals surface area contributed by atoms with Crippen molar-refractivity contribution in [2.24, 2.45) is 0 Å². The van der Waals surface area contributed by atoms with E-state index in [1.807, 2.05) is 24.3 Å². The lowest BCUT2D eigenvalue weighted by Crippen LogP contribution is -2.10. The van der Waals surface area contributed by atoms with E-state index in [0.29, 0.717) is 23.0 Å². The van der Waals surface area contributed by atoms with E-state index in [2.05, 4.69) is 13.8 Å². The summed E-state index contributed by atoms with van der Waals surface area (Å²) in [5, 5.41) is 8.68. The molecule has 136 valence electrons. The number of hydrogen-bond acceptors (Lipinski definition) is 4. The van der Waals surface area contributed by atoms with Crippen molar-refractivity contribution in [1.82, 2.24) is 0 Å². The molecule has 0 aliphatic carbocycles. The van der Waals surface area contributed by atoms with E-state index in [-0.39, 0.29) is 5.78 Å². The zero-order valence-corrected chi connectivity index (χ0v) is 15.1. The van der Waals surface area contributed by atoms with Gasteiger partial charge in [-0.05, 0) is 35.3 Å². The lowest BCUT2D eigenvalue weighted by Gasteiger charge is -2.09. The van der Waals surface area contributed by atoms with Crippen LogP contribution in [0.25, 0.3) is 6.08 Å². The van der Waals surface area contributed by atoms with Gasteiger partial charge in [0.2, 0.25) is 0 Å². The number of hydrogen-bond donors (Lipinski definition) is 1. The number of aliphatic carboxylic acids is 1. The van der Waals surface area contributed by atoms with Crippen molar-refractivity contribution >= 4 is 17.8 Å². The number of methoxy groups -OCH3 is 1. The largest absolute Gasteiger partial charge is 0.493 e. The number of allylic oxidation sites excluding steroid dienone is 1. The summed E-state index contributed by atoms with van der Waals surface area (Å²) < 4.78 is 10.4. The molecule has 0 bridgehead atoms. The van der Waals surface area contributed by atoms with Gasteiger partial charge in [-0.15, -0.1) is 0 Å². The van der Waals surface area contributed by atoms with E-state index in [0.717, 1.165) is 5.56 Å². The van der Waals surface area contributed by atoms with Crippen LogP contribution in [-0.2, 0) is 4.79 Å².